The van der Waals surface area contributed by atoms with Crippen molar-refractivity contribution in [3.05, 3.63) is 52.1 Å². The van der Waals surface area contributed by atoms with Crippen molar-refractivity contribution in [2.75, 3.05) is 20.2 Å². The summed E-state index contributed by atoms with van der Waals surface area (Å²) < 4.78 is 76.9. The molecule has 32 heavy (non-hydrogen) atoms. The van der Waals surface area contributed by atoms with Crippen LogP contribution in [-0.4, -0.2) is 51.8 Å². The third-order valence-electron chi connectivity index (χ3n) is 4.61. The Kier molecular flexibility index (Phi) is 8.05. The lowest BCUT2D eigenvalue weighted by atomic mass is 10.1. The second-order valence-electron chi connectivity index (χ2n) is 7.06. The number of carbonyl (C=O) groups is 1. The van der Waals surface area contributed by atoms with Crippen LogP contribution in [0.5, 0.6) is 0 Å². The highest BCUT2D eigenvalue weighted by Crippen LogP contribution is 2.30. The number of benzene rings is 1. The van der Waals surface area contributed by atoms with Gasteiger partial charge in [-0.25, -0.2) is 4.98 Å². The molecule has 1 N–H and O–H groups in total. The van der Waals surface area contributed by atoms with Gasteiger partial charge in [0.2, 0.25) is 5.91 Å². The maximum Gasteiger partial charge on any atom is 0.416 e. The summed E-state index contributed by atoms with van der Waals surface area (Å²) in [5.41, 5.74) is -1.48. The molecular weight excluding hydrogens is 444 g/mol. The van der Waals surface area contributed by atoms with E-state index in [-0.39, 0.29) is 36.7 Å². The molecule has 0 aliphatic heterocycles. The van der Waals surface area contributed by atoms with Gasteiger partial charge in [0.1, 0.15) is 12.4 Å². The zero-order valence-electron chi connectivity index (χ0n) is 17.0. The molecule has 2 rings (SSSR count). The van der Waals surface area contributed by atoms with E-state index in [1.165, 1.54) is 7.05 Å². The van der Waals surface area contributed by atoms with Crippen LogP contribution < -0.4 is 5.56 Å². The van der Waals surface area contributed by atoms with Gasteiger partial charge in [-0.2, -0.15) is 26.3 Å². The number of carbonyl (C=O) groups excluding carboxylic acids is 1. The van der Waals surface area contributed by atoms with Crippen LogP contribution in [0.2, 0.25) is 0 Å². The van der Waals surface area contributed by atoms with Crippen molar-refractivity contribution in [2.24, 2.45) is 0 Å². The Labute approximate surface area is 179 Å². The highest BCUT2D eigenvalue weighted by Gasteiger charge is 2.30. The van der Waals surface area contributed by atoms with Gasteiger partial charge < -0.3 is 10.0 Å². The quantitative estimate of drug-likeness (QED) is 0.608. The average Bonchev–Trinajstić information content (AvgIpc) is 2.68. The third kappa shape index (κ3) is 7.08. The number of hydrogen-bond acceptors (Lipinski definition) is 4. The summed E-state index contributed by atoms with van der Waals surface area (Å²) in [7, 11) is 1.39. The zero-order chi connectivity index (χ0) is 24.1. The maximum absolute atomic E-state index is 12.8. The molecule has 0 saturated heterocycles. The Morgan fingerprint density at radius 2 is 1.75 bits per heavy atom. The molecule has 0 fully saturated rings. The van der Waals surface area contributed by atoms with Crippen LogP contribution in [0.1, 0.15) is 24.2 Å². The lowest BCUT2D eigenvalue weighted by Crippen LogP contribution is -2.37. The molecular formula is C20H21F6N3O3. The molecule has 0 bridgehead atoms. The predicted octanol–water partition coefficient (Wildman–Crippen LogP) is 3.26. The van der Waals surface area contributed by atoms with Crippen LogP contribution in [0.25, 0.3) is 11.3 Å². The van der Waals surface area contributed by atoms with Crippen molar-refractivity contribution in [1.82, 2.24) is 14.5 Å². The van der Waals surface area contributed by atoms with E-state index in [0.29, 0.717) is 0 Å². The third-order valence-corrected chi connectivity index (χ3v) is 4.61. The summed E-state index contributed by atoms with van der Waals surface area (Å²) in [6.07, 6.45) is -10.8. The second kappa shape index (κ2) is 10.2. The fourth-order valence-electron chi connectivity index (χ4n) is 2.87. The topological polar surface area (TPSA) is 75.4 Å². The van der Waals surface area contributed by atoms with Gasteiger partial charge in [0.25, 0.3) is 5.56 Å². The first-order valence-corrected chi connectivity index (χ1v) is 9.52. The number of alkyl halides is 6. The summed E-state index contributed by atoms with van der Waals surface area (Å²) in [6, 6.07) is 4.83. The number of aryl methyl sites for hydroxylation is 1. The molecule has 0 saturated carbocycles. The van der Waals surface area contributed by atoms with Crippen LogP contribution in [-0.2, 0) is 23.9 Å². The van der Waals surface area contributed by atoms with Gasteiger partial charge in [0.15, 0.2) is 0 Å². The van der Waals surface area contributed by atoms with Gasteiger partial charge >= 0.3 is 12.4 Å². The number of aromatic nitrogens is 2. The number of aliphatic hydroxyl groups is 1. The molecule has 1 heterocycles. The normalized spacial score (nSPS) is 12.1. The molecule has 1 amide bonds. The van der Waals surface area contributed by atoms with E-state index < -0.39 is 48.8 Å². The summed E-state index contributed by atoms with van der Waals surface area (Å²) in [5, 5.41) is 8.93. The number of nitrogens with zero attached hydrogens (tertiary/aromatic N) is 3. The molecule has 0 aliphatic carbocycles. The number of rotatable bonds is 8. The Bertz CT molecular complexity index is 984. The minimum absolute atomic E-state index is 0.00590. The van der Waals surface area contributed by atoms with E-state index in [1.54, 1.807) is 0 Å². The highest BCUT2D eigenvalue weighted by atomic mass is 19.4. The molecule has 0 aliphatic rings. The van der Waals surface area contributed by atoms with Gasteiger partial charge in [0, 0.05) is 38.1 Å². The van der Waals surface area contributed by atoms with Crippen molar-refractivity contribution in [2.45, 2.75) is 38.2 Å². The lowest BCUT2D eigenvalue weighted by molar-refractivity contribution is -0.137. The van der Waals surface area contributed by atoms with Crippen molar-refractivity contribution in [3.63, 3.8) is 0 Å². The molecule has 0 unspecified atom stereocenters. The molecule has 12 heteroatoms. The number of likely N-dealkylation sites (N-methyl/N-ethyl adjacent to an activating group) is 1. The summed E-state index contributed by atoms with van der Waals surface area (Å²) in [5.74, 6) is -0.662. The summed E-state index contributed by atoms with van der Waals surface area (Å²) in [4.78, 5) is 30.2. The van der Waals surface area contributed by atoms with Gasteiger partial charge in [-0.1, -0.05) is 12.1 Å². The SMILES string of the molecule is CN(CCO)C(=O)Cn1c(CCCC(F)(F)F)nc(-c2ccc(C(F)(F)F)cc2)cc1=O. The monoisotopic (exact) mass is 465 g/mol. The van der Waals surface area contributed by atoms with Gasteiger partial charge in [-0.05, 0) is 18.6 Å². The van der Waals surface area contributed by atoms with E-state index in [9.17, 15) is 35.9 Å². The van der Waals surface area contributed by atoms with Gasteiger partial charge in [-0.15, -0.1) is 0 Å². The van der Waals surface area contributed by atoms with Crippen molar-refractivity contribution >= 4 is 5.91 Å². The van der Waals surface area contributed by atoms with E-state index in [2.05, 4.69) is 4.98 Å². The van der Waals surface area contributed by atoms with Crippen molar-refractivity contribution in [3.8, 4) is 11.3 Å². The van der Waals surface area contributed by atoms with Gasteiger partial charge in [0.05, 0.1) is 17.9 Å². The number of halogens is 6. The average molecular weight is 465 g/mol. The minimum atomic E-state index is -4.56. The molecule has 0 radical (unpaired) electrons. The molecule has 1 aromatic carbocycles. The van der Waals surface area contributed by atoms with Crippen molar-refractivity contribution < 1.29 is 36.2 Å². The van der Waals surface area contributed by atoms with Crippen LogP contribution in [0.4, 0.5) is 26.3 Å². The molecule has 0 spiro atoms. The van der Waals surface area contributed by atoms with E-state index in [4.69, 9.17) is 5.11 Å². The number of hydrogen-bond donors (Lipinski definition) is 1. The highest BCUT2D eigenvalue weighted by molar-refractivity contribution is 5.75. The molecule has 2 aromatic rings. The lowest BCUT2D eigenvalue weighted by Gasteiger charge is -2.19. The number of aliphatic hydroxyl groups excluding tert-OH is 1. The first kappa shape index (κ1) is 25.4. The fourth-order valence-corrected chi connectivity index (χ4v) is 2.87. The maximum atomic E-state index is 12.8. The van der Waals surface area contributed by atoms with Crippen molar-refractivity contribution in [1.29, 1.82) is 0 Å². The van der Waals surface area contributed by atoms with E-state index in [0.717, 1.165) is 39.8 Å². The van der Waals surface area contributed by atoms with E-state index >= 15 is 0 Å². The predicted molar refractivity (Wildman–Crippen MR) is 103 cm³/mol. The Morgan fingerprint density at radius 3 is 2.28 bits per heavy atom. The smallest absolute Gasteiger partial charge is 0.395 e. The van der Waals surface area contributed by atoms with Crippen LogP contribution in [0, 0.1) is 0 Å². The standard InChI is InChI=1S/C20H21F6N3O3/c1-28(9-10-30)18(32)12-29-16(3-2-8-19(21,22)23)27-15(11-17(29)31)13-4-6-14(7-5-13)20(24,25)26/h4-7,11,30H,2-3,8-10,12H2,1H3. The molecule has 6 nitrogen and oxygen atoms in total. The first-order chi connectivity index (χ1) is 14.8. The Morgan fingerprint density at radius 1 is 1.12 bits per heavy atom. The molecule has 176 valence electrons. The summed E-state index contributed by atoms with van der Waals surface area (Å²) in [6.45, 7) is -0.828. The van der Waals surface area contributed by atoms with E-state index in [1.807, 2.05) is 0 Å². The van der Waals surface area contributed by atoms with Gasteiger partial charge in [-0.3, -0.25) is 14.2 Å². The molecule has 0 atom stereocenters. The van der Waals surface area contributed by atoms with Crippen LogP contribution in [0.3, 0.4) is 0 Å². The Balaban J connectivity index is 2.41. The number of amides is 1. The minimum Gasteiger partial charge on any atom is -0.395 e. The largest absolute Gasteiger partial charge is 0.416 e. The zero-order valence-corrected chi connectivity index (χ0v) is 17.0. The fraction of sp³-hybridized carbons (Fsp3) is 0.450. The Hall–Kier alpha value is -2.89. The molecule has 1 aromatic heterocycles. The summed E-state index contributed by atoms with van der Waals surface area (Å²) >= 11 is 0. The van der Waals surface area contributed by atoms with Crippen LogP contribution in [0.15, 0.2) is 35.1 Å². The first-order valence-electron chi connectivity index (χ1n) is 9.52. The second-order valence-corrected chi connectivity index (χ2v) is 7.06. The van der Waals surface area contributed by atoms with Crippen LogP contribution >= 0.6 is 0 Å².